The molecule has 0 unspecified atom stereocenters. The van der Waals surface area contributed by atoms with E-state index in [1.165, 1.54) is 5.01 Å². The van der Waals surface area contributed by atoms with Crippen molar-refractivity contribution in [2.24, 2.45) is 11.5 Å². The van der Waals surface area contributed by atoms with Crippen LogP contribution in [0.4, 0.5) is 0 Å². The summed E-state index contributed by atoms with van der Waals surface area (Å²) in [6, 6.07) is -0.600. The van der Waals surface area contributed by atoms with E-state index in [1.807, 2.05) is 20.1 Å². The molecular weight excluding hydrogens is 316 g/mol. The SMILES string of the molecule is CCCCC(=O)[C@](C[C@@H](C)SC)(NN1CC[C@H](N)C1=O)C(N)=O. The summed E-state index contributed by atoms with van der Waals surface area (Å²) in [4.78, 5) is 37.0. The van der Waals surface area contributed by atoms with Gasteiger partial charge in [0.15, 0.2) is 11.3 Å². The van der Waals surface area contributed by atoms with Crippen molar-refractivity contribution in [2.75, 3.05) is 12.8 Å². The second kappa shape index (κ2) is 8.65. The number of hydrogen-bond donors (Lipinski definition) is 3. The summed E-state index contributed by atoms with van der Waals surface area (Å²) in [5.41, 5.74) is 12.6. The molecule has 2 amide bonds. The Kier molecular flexibility index (Phi) is 7.50. The Balaban J connectivity index is 3.08. The highest BCUT2D eigenvalue weighted by atomic mass is 32.2. The minimum atomic E-state index is -1.56. The molecule has 0 spiro atoms. The van der Waals surface area contributed by atoms with Crippen LogP contribution in [0.3, 0.4) is 0 Å². The highest BCUT2D eigenvalue weighted by Crippen LogP contribution is 2.25. The van der Waals surface area contributed by atoms with Crippen LogP contribution < -0.4 is 16.9 Å². The fourth-order valence-electron chi connectivity index (χ4n) is 2.62. The molecule has 8 heteroatoms. The first-order valence-electron chi connectivity index (χ1n) is 7.99. The largest absolute Gasteiger partial charge is 0.368 e. The van der Waals surface area contributed by atoms with Crippen LogP contribution in [0.15, 0.2) is 0 Å². The molecule has 0 radical (unpaired) electrons. The van der Waals surface area contributed by atoms with Gasteiger partial charge in [0.1, 0.15) is 0 Å². The molecule has 1 saturated heterocycles. The van der Waals surface area contributed by atoms with Crippen molar-refractivity contribution in [1.29, 1.82) is 0 Å². The average Bonchev–Trinajstić information content (AvgIpc) is 2.83. The fourth-order valence-corrected chi connectivity index (χ4v) is 3.04. The lowest BCUT2D eigenvalue weighted by molar-refractivity contribution is -0.143. The van der Waals surface area contributed by atoms with Crippen LogP contribution in [0.1, 0.15) is 46.0 Å². The number of ketones is 1. The lowest BCUT2D eigenvalue weighted by atomic mass is 9.86. The lowest BCUT2D eigenvalue weighted by Crippen LogP contribution is -2.67. The van der Waals surface area contributed by atoms with Crippen LogP contribution in [-0.2, 0) is 14.4 Å². The summed E-state index contributed by atoms with van der Waals surface area (Å²) in [6.07, 6.45) is 4.40. The molecule has 0 aromatic heterocycles. The minimum Gasteiger partial charge on any atom is -0.368 e. The Labute approximate surface area is 141 Å². The van der Waals surface area contributed by atoms with Gasteiger partial charge in [-0.25, -0.2) is 5.43 Å². The molecule has 1 aliphatic rings. The first-order valence-corrected chi connectivity index (χ1v) is 9.28. The number of unbranched alkanes of at least 4 members (excludes halogenated alkanes) is 1. The summed E-state index contributed by atoms with van der Waals surface area (Å²) < 4.78 is 0. The molecule has 132 valence electrons. The lowest BCUT2D eigenvalue weighted by Gasteiger charge is -2.36. The molecule has 0 aliphatic carbocycles. The zero-order valence-corrected chi connectivity index (χ0v) is 14.9. The Hall–Kier alpha value is -1.12. The molecule has 23 heavy (non-hydrogen) atoms. The topological polar surface area (TPSA) is 119 Å². The van der Waals surface area contributed by atoms with Gasteiger partial charge in [-0.15, -0.1) is 0 Å². The third-order valence-corrected chi connectivity index (χ3v) is 5.19. The normalized spacial score (nSPS) is 22.0. The maximum absolute atomic E-state index is 12.8. The highest BCUT2D eigenvalue weighted by molar-refractivity contribution is 7.99. The van der Waals surface area contributed by atoms with E-state index in [0.717, 1.165) is 6.42 Å². The molecule has 0 bridgehead atoms. The van der Waals surface area contributed by atoms with Gasteiger partial charge in [-0.2, -0.15) is 11.8 Å². The van der Waals surface area contributed by atoms with E-state index in [4.69, 9.17) is 11.5 Å². The number of Topliss-reactive ketones (excluding diaryl/α,β-unsaturated/α-hetero) is 1. The fraction of sp³-hybridized carbons (Fsp3) is 0.800. The second-order valence-electron chi connectivity index (χ2n) is 6.04. The first kappa shape index (κ1) is 19.9. The zero-order chi connectivity index (χ0) is 17.6. The predicted octanol–water partition coefficient (Wildman–Crippen LogP) is 0.176. The van der Waals surface area contributed by atoms with Gasteiger partial charge in [0.2, 0.25) is 5.91 Å². The van der Waals surface area contributed by atoms with Gasteiger partial charge in [-0.1, -0.05) is 20.3 Å². The van der Waals surface area contributed by atoms with Gasteiger partial charge in [-0.3, -0.25) is 19.4 Å². The number of rotatable bonds is 10. The number of thioether (sulfide) groups is 1. The van der Waals surface area contributed by atoms with E-state index in [1.54, 1.807) is 11.8 Å². The van der Waals surface area contributed by atoms with Crippen molar-refractivity contribution in [3.63, 3.8) is 0 Å². The van der Waals surface area contributed by atoms with Gasteiger partial charge in [-0.05, 0) is 25.5 Å². The van der Waals surface area contributed by atoms with Crippen LogP contribution in [0.2, 0.25) is 0 Å². The molecule has 1 heterocycles. The van der Waals surface area contributed by atoms with Crippen LogP contribution in [-0.4, -0.2) is 52.2 Å². The van der Waals surface area contributed by atoms with Crippen molar-refractivity contribution >= 4 is 29.4 Å². The quantitative estimate of drug-likeness (QED) is 0.486. The molecule has 7 nitrogen and oxygen atoms in total. The van der Waals surface area contributed by atoms with E-state index in [-0.39, 0.29) is 29.8 Å². The molecule has 1 rings (SSSR count). The van der Waals surface area contributed by atoms with Gasteiger partial charge >= 0.3 is 0 Å². The van der Waals surface area contributed by atoms with Crippen LogP contribution in [0.5, 0.6) is 0 Å². The van der Waals surface area contributed by atoms with Crippen LogP contribution >= 0.6 is 11.8 Å². The summed E-state index contributed by atoms with van der Waals surface area (Å²) in [7, 11) is 0. The molecule has 0 saturated carbocycles. The van der Waals surface area contributed by atoms with Crippen LogP contribution in [0, 0.1) is 0 Å². The number of carbonyl (C=O) groups excluding carboxylic acids is 3. The van der Waals surface area contributed by atoms with Gasteiger partial charge in [0.05, 0.1) is 6.04 Å². The smallest absolute Gasteiger partial charge is 0.253 e. The monoisotopic (exact) mass is 344 g/mol. The van der Waals surface area contributed by atoms with Crippen molar-refractivity contribution in [2.45, 2.75) is 62.8 Å². The second-order valence-corrected chi connectivity index (χ2v) is 7.32. The molecular formula is C15H28N4O3S. The van der Waals surface area contributed by atoms with Gasteiger partial charge < -0.3 is 11.5 Å². The number of hydrazine groups is 1. The molecule has 3 atom stereocenters. The van der Waals surface area contributed by atoms with E-state index in [9.17, 15) is 14.4 Å². The number of nitrogens with two attached hydrogens (primary N) is 2. The van der Waals surface area contributed by atoms with E-state index < -0.39 is 17.5 Å². The number of amides is 2. The van der Waals surface area contributed by atoms with Crippen molar-refractivity contribution in [1.82, 2.24) is 10.4 Å². The van der Waals surface area contributed by atoms with Gasteiger partial charge in [0, 0.05) is 18.2 Å². The van der Waals surface area contributed by atoms with Crippen molar-refractivity contribution in [3.05, 3.63) is 0 Å². The third-order valence-electron chi connectivity index (χ3n) is 4.22. The maximum Gasteiger partial charge on any atom is 0.253 e. The van der Waals surface area contributed by atoms with E-state index in [0.29, 0.717) is 19.4 Å². The number of hydrogen-bond acceptors (Lipinski definition) is 6. The number of carbonyl (C=O) groups is 3. The summed E-state index contributed by atoms with van der Waals surface area (Å²) in [6.45, 7) is 4.26. The Morgan fingerprint density at radius 1 is 1.52 bits per heavy atom. The number of nitrogens with one attached hydrogen (secondary N) is 1. The van der Waals surface area contributed by atoms with Crippen LogP contribution in [0.25, 0.3) is 0 Å². The van der Waals surface area contributed by atoms with E-state index >= 15 is 0 Å². The van der Waals surface area contributed by atoms with E-state index in [2.05, 4.69) is 5.43 Å². The molecule has 1 fully saturated rings. The first-order chi connectivity index (χ1) is 10.8. The molecule has 0 aromatic rings. The van der Waals surface area contributed by atoms with Crippen molar-refractivity contribution in [3.8, 4) is 0 Å². The standard InChI is InChI=1S/C15H28N4O3S/c1-4-5-6-12(20)15(14(17)22,9-10(2)23-3)18-19-8-7-11(16)13(19)21/h10-11,18H,4-9,16H2,1-3H3,(H2,17,22)/t10-,11+,15+/m1/s1. The third kappa shape index (κ3) is 4.68. The zero-order valence-electron chi connectivity index (χ0n) is 14.1. The Bertz CT molecular complexity index is 460. The number of primary amides is 1. The average molecular weight is 344 g/mol. The summed E-state index contributed by atoms with van der Waals surface area (Å²) >= 11 is 1.54. The molecule has 1 aliphatic heterocycles. The van der Waals surface area contributed by atoms with Gasteiger partial charge in [0.25, 0.3) is 5.91 Å². The minimum absolute atomic E-state index is 0.0342. The Morgan fingerprint density at radius 3 is 2.61 bits per heavy atom. The molecule has 0 aromatic carbocycles. The Morgan fingerprint density at radius 2 is 2.17 bits per heavy atom. The number of nitrogens with zero attached hydrogens (tertiary/aromatic N) is 1. The van der Waals surface area contributed by atoms with Crippen molar-refractivity contribution < 1.29 is 14.4 Å². The molecule has 5 N–H and O–H groups in total. The predicted molar refractivity (Wildman–Crippen MR) is 91.5 cm³/mol. The maximum atomic E-state index is 12.8. The summed E-state index contributed by atoms with van der Waals surface area (Å²) in [5.74, 6) is -1.32. The summed E-state index contributed by atoms with van der Waals surface area (Å²) in [5, 5.41) is 1.32. The highest BCUT2D eigenvalue weighted by Gasteiger charge is 2.47.